The molecule has 1 aromatic heterocycles. The quantitative estimate of drug-likeness (QED) is 0.535. The number of nitrogens with one attached hydrogen (secondary N) is 1. The van der Waals surface area contributed by atoms with E-state index >= 15 is 0 Å². The van der Waals surface area contributed by atoms with Gasteiger partial charge in [-0.15, -0.1) is 11.3 Å². The van der Waals surface area contributed by atoms with Crippen LogP contribution in [-0.4, -0.2) is 15.8 Å². The van der Waals surface area contributed by atoms with Gasteiger partial charge >= 0.3 is 0 Å². The Morgan fingerprint density at radius 2 is 2.04 bits per heavy atom. The van der Waals surface area contributed by atoms with Gasteiger partial charge in [0.1, 0.15) is 12.4 Å². The average Bonchev–Trinajstić information content (AvgIpc) is 3.14. The number of aromatic nitrogens is 1. The molecule has 0 bridgehead atoms. The number of nitro groups is 1. The Kier molecular flexibility index (Phi) is 5.00. The summed E-state index contributed by atoms with van der Waals surface area (Å²) in [7, 11) is 0. The van der Waals surface area contributed by atoms with Crippen molar-refractivity contribution in [2.24, 2.45) is 0 Å². The molecule has 1 amide bonds. The number of rotatable bonds is 6. The highest BCUT2D eigenvalue weighted by Gasteiger charge is 2.10. The number of benzene rings is 2. The molecule has 0 saturated carbocycles. The number of carbonyl (C=O) groups excluding carboxylic acids is 1. The van der Waals surface area contributed by atoms with Crippen molar-refractivity contribution in [3.05, 3.63) is 80.8 Å². The van der Waals surface area contributed by atoms with Crippen LogP contribution in [-0.2, 0) is 6.61 Å². The topological polar surface area (TPSA) is 94.4 Å². The molecule has 0 atom stereocenters. The smallest absolute Gasteiger partial charge is 0.271 e. The summed E-state index contributed by atoms with van der Waals surface area (Å²) >= 11 is 1.50. The normalized spacial score (nSPS) is 10.2. The molecule has 126 valence electrons. The van der Waals surface area contributed by atoms with Crippen molar-refractivity contribution in [3.8, 4) is 5.75 Å². The number of hydrogen-bond acceptors (Lipinski definition) is 6. The van der Waals surface area contributed by atoms with Crippen molar-refractivity contribution in [2.75, 3.05) is 5.32 Å². The number of hydrogen-bond donors (Lipinski definition) is 1. The van der Waals surface area contributed by atoms with Crippen LogP contribution in [0.5, 0.6) is 5.75 Å². The van der Waals surface area contributed by atoms with Crippen LogP contribution in [0.25, 0.3) is 0 Å². The Labute approximate surface area is 147 Å². The zero-order chi connectivity index (χ0) is 17.6. The summed E-state index contributed by atoms with van der Waals surface area (Å²) < 4.78 is 5.58. The molecule has 3 aromatic rings. The number of amides is 1. The van der Waals surface area contributed by atoms with Gasteiger partial charge in [0.2, 0.25) is 0 Å². The fourth-order valence-electron chi connectivity index (χ4n) is 2.07. The van der Waals surface area contributed by atoms with Crippen LogP contribution in [0.4, 0.5) is 11.4 Å². The van der Waals surface area contributed by atoms with Gasteiger partial charge in [0, 0.05) is 28.8 Å². The molecular weight excluding hydrogens is 342 g/mol. The van der Waals surface area contributed by atoms with E-state index < -0.39 is 4.92 Å². The Balaban J connectivity index is 1.62. The first kappa shape index (κ1) is 16.6. The molecular formula is C17H13N3O4S. The van der Waals surface area contributed by atoms with Crippen LogP contribution in [0.15, 0.2) is 59.4 Å². The molecule has 25 heavy (non-hydrogen) atoms. The molecule has 0 saturated heterocycles. The summed E-state index contributed by atoms with van der Waals surface area (Å²) in [5.41, 5.74) is 3.29. The summed E-state index contributed by atoms with van der Waals surface area (Å²) in [5.74, 6) is 0.270. The number of anilines is 1. The standard InChI is InChI=1S/C17H13N3O4S/c21-17(19-13-2-1-3-15(8-13)20(22)23)12-4-6-16(7-5-12)24-9-14-10-25-11-18-14/h1-8,10-11H,9H2,(H,19,21). The number of ether oxygens (including phenoxy) is 1. The lowest BCUT2D eigenvalue weighted by Gasteiger charge is -2.07. The van der Waals surface area contributed by atoms with E-state index in [-0.39, 0.29) is 11.6 Å². The first-order valence-electron chi connectivity index (χ1n) is 7.27. The van der Waals surface area contributed by atoms with E-state index in [1.807, 2.05) is 5.38 Å². The van der Waals surface area contributed by atoms with Gasteiger partial charge in [0.05, 0.1) is 16.1 Å². The van der Waals surface area contributed by atoms with Crippen LogP contribution < -0.4 is 10.1 Å². The van der Waals surface area contributed by atoms with Gasteiger partial charge < -0.3 is 10.1 Å². The Bertz CT molecular complexity index is 879. The second kappa shape index (κ2) is 7.54. The van der Waals surface area contributed by atoms with E-state index in [1.165, 1.54) is 29.5 Å². The number of nitro benzene ring substituents is 1. The first-order valence-corrected chi connectivity index (χ1v) is 8.22. The number of thiazole rings is 1. The van der Waals surface area contributed by atoms with E-state index in [1.54, 1.807) is 35.8 Å². The van der Waals surface area contributed by atoms with Crippen molar-refractivity contribution < 1.29 is 14.5 Å². The minimum Gasteiger partial charge on any atom is -0.487 e. The minimum atomic E-state index is -0.510. The lowest BCUT2D eigenvalue weighted by molar-refractivity contribution is -0.384. The lowest BCUT2D eigenvalue weighted by Crippen LogP contribution is -2.11. The lowest BCUT2D eigenvalue weighted by atomic mass is 10.2. The van der Waals surface area contributed by atoms with E-state index in [2.05, 4.69) is 10.3 Å². The van der Waals surface area contributed by atoms with Gasteiger partial charge in [0.15, 0.2) is 0 Å². The van der Waals surface area contributed by atoms with E-state index in [9.17, 15) is 14.9 Å². The van der Waals surface area contributed by atoms with Gasteiger partial charge in [-0.2, -0.15) is 0 Å². The third-order valence-corrected chi connectivity index (χ3v) is 3.94. The number of nitrogens with zero attached hydrogens (tertiary/aromatic N) is 2. The molecule has 0 spiro atoms. The number of carbonyl (C=O) groups is 1. The summed E-state index contributed by atoms with van der Waals surface area (Å²) in [5, 5.41) is 15.3. The van der Waals surface area contributed by atoms with Crippen molar-refractivity contribution in [2.45, 2.75) is 6.61 Å². The molecule has 0 aliphatic carbocycles. The third-order valence-electron chi connectivity index (χ3n) is 3.30. The second-order valence-corrected chi connectivity index (χ2v) is 5.77. The molecule has 8 heteroatoms. The Morgan fingerprint density at radius 3 is 2.72 bits per heavy atom. The highest BCUT2D eigenvalue weighted by atomic mass is 32.1. The molecule has 1 N–H and O–H groups in total. The SMILES string of the molecule is O=C(Nc1cccc([N+](=O)[O-])c1)c1ccc(OCc2cscn2)cc1. The predicted octanol–water partition coefficient (Wildman–Crippen LogP) is 3.88. The van der Waals surface area contributed by atoms with Crippen molar-refractivity contribution in [1.29, 1.82) is 0 Å². The summed E-state index contributed by atoms with van der Waals surface area (Å²) in [6, 6.07) is 12.4. The highest BCUT2D eigenvalue weighted by molar-refractivity contribution is 7.07. The highest BCUT2D eigenvalue weighted by Crippen LogP contribution is 2.19. The fourth-order valence-corrected chi connectivity index (χ4v) is 2.61. The van der Waals surface area contributed by atoms with Crippen LogP contribution in [0.3, 0.4) is 0 Å². The van der Waals surface area contributed by atoms with Gasteiger partial charge in [-0.25, -0.2) is 4.98 Å². The average molecular weight is 355 g/mol. The van der Waals surface area contributed by atoms with Gasteiger partial charge in [-0.05, 0) is 30.3 Å². The summed E-state index contributed by atoms with van der Waals surface area (Å²) in [6.45, 7) is 0.364. The zero-order valence-corrected chi connectivity index (χ0v) is 13.7. The molecule has 0 fully saturated rings. The summed E-state index contributed by atoms with van der Waals surface area (Å²) in [6.07, 6.45) is 0. The maximum Gasteiger partial charge on any atom is 0.271 e. The third kappa shape index (κ3) is 4.39. The van der Waals surface area contributed by atoms with E-state index in [0.29, 0.717) is 23.6 Å². The minimum absolute atomic E-state index is 0.0800. The molecule has 7 nitrogen and oxygen atoms in total. The molecule has 0 unspecified atom stereocenters. The number of non-ortho nitro benzene ring substituents is 1. The molecule has 0 aliphatic rings. The molecule has 0 radical (unpaired) electrons. The van der Waals surface area contributed by atoms with Crippen LogP contribution in [0.1, 0.15) is 16.1 Å². The van der Waals surface area contributed by atoms with Crippen LogP contribution >= 0.6 is 11.3 Å². The van der Waals surface area contributed by atoms with Crippen molar-refractivity contribution >= 4 is 28.6 Å². The first-order chi connectivity index (χ1) is 12.1. The Hall–Kier alpha value is -3.26. The molecule has 3 rings (SSSR count). The zero-order valence-electron chi connectivity index (χ0n) is 12.9. The van der Waals surface area contributed by atoms with Crippen LogP contribution in [0, 0.1) is 10.1 Å². The monoisotopic (exact) mass is 355 g/mol. The largest absolute Gasteiger partial charge is 0.487 e. The van der Waals surface area contributed by atoms with Gasteiger partial charge in [-0.3, -0.25) is 14.9 Å². The second-order valence-electron chi connectivity index (χ2n) is 5.05. The van der Waals surface area contributed by atoms with E-state index in [0.717, 1.165) is 5.69 Å². The van der Waals surface area contributed by atoms with Crippen molar-refractivity contribution in [3.63, 3.8) is 0 Å². The predicted molar refractivity (Wildman–Crippen MR) is 93.9 cm³/mol. The van der Waals surface area contributed by atoms with Crippen molar-refractivity contribution in [1.82, 2.24) is 4.98 Å². The molecule has 1 heterocycles. The Morgan fingerprint density at radius 1 is 1.24 bits per heavy atom. The van der Waals surface area contributed by atoms with Crippen LogP contribution in [0.2, 0.25) is 0 Å². The maximum atomic E-state index is 12.2. The van der Waals surface area contributed by atoms with Gasteiger partial charge in [-0.1, -0.05) is 6.07 Å². The molecule has 2 aromatic carbocycles. The molecule has 0 aliphatic heterocycles. The van der Waals surface area contributed by atoms with Gasteiger partial charge in [0.25, 0.3) is 11.6 Å². The van der Waals surface area contributed by atoms with E-state index in [4.69, 9.17) is 4.74 Å². The fraction of sp³-hybridized carbons (Fsp3) is 0.0588. The summed E-state index contributed by atoms with van der Waals surface area (Å²) in [4.78, 5) is 26.6. The maximum absolute atomic E-state index is 12.2.